The summed E-state index contributed by atoms with van der Waals surface area (Å²) in [4.78, 5) is 3.47. The van der Waals surface area contributed by atoms with E-state index in [1.807, 2.05) is 6.92 Å². The maximum atomic E-state index is 8.67. The minimum Gasteiger partial charge on any atom is -0.493 e. The van der Waals surface area contributed by atoms with Crippen LogP contribution < -0.4 is 0 Å². The van der Waals surface area contributed by atoms with Crippen molar-refractivity contribution < 1.29 is 5.11 Å². The van der Waals surface area contributed by atoms with Crippen LogP contribution in [0.5, 0.6) is 5.88 Å². The second kappa shape index (κ2) is 1.82. The van der Waals surface area contributed by atoms with Crippen molar-refractivity contribution in [2.45, 2.75) is 6.92 Å². The number of nitrogens with zero attached hydrogens (tertiary/aromatic N) is 1. The average molecular weight is 108 g/mol. The highest BCUT2D eigenvalue weighted by molar-refractivity contribution is 5.16. The molecule has 0 atom stereocenters. The van der Waals surface area contributed by atoms with E-state index in [1.54, 1.807) is 12.1 Å². The number of aromatic nitrogens is 1. The Balaban J connectivity index is 3.08. The number of hydrogen-bond donors (Lipinski definition) is 1. The molecule has 0 fully saturated rings. The zero-order valence-electron chi connectivity index (χ0n) is 4.55. The Labute approximate surface area is 47.8 Å². The predicted molar refractivity (Wildman–Crippen MR) is 29.5 cm³/mol. The quantitative estimate of drug-likeness (QED) is 0.535. The van der Waals surface area contributed by atoms with E-state index in [2.05, 4.69) is 11.2 Å². The molecule has 0 unspecified atom stereocenters. The first-order valence-corrected chi connectivity index (χ1v) is 2.33. The highest BCUT2D eigenvalue weighted by Crippen LogP contribution is 2.03. The number of hydrogen-bond acceptors (Lipinski definition) is 2. The molecule has 0 aliphatic heterocycles. The molecular weight excluding hydrogens is 102 g/mol. The molecule has 1 aromatic rings. The third-order valence-corrected chi connectivity index (χ3v) is 0.828. The van der Waals surface area contributed by atoms with Gasteiger partial charge in [0, 0.05) is 6.07 Å². The van der Waals surface area contributed by atoms with Crippen molar-refractivity contribution in [3.63, 3.8) is 0 Å². The maximum Gasteiger partial charge on any atom is 0.211 e. The van der Waals surface area contributed by atoms with Crippen LogP contribution in [-0.2, 0) is 0 Å². The first-order valence-electron chi connectivity index (χ1n) is 2.33. The molecule has 1 rings (SSSR count). The smallest absolute Gasteiger partial charge is 0.211 e. The fourth-order valence-electron chi connectivity index (χ4n) is 0.478. The van der Waals surface area contributed by atoms with Crippen LogP contribution in [-0.4, -0.2) is 10.1 Å². The van der Waals surface area contributed by atoms with Crippen molar-refractivity contribution in [3.05, 3.63) is 23.9 Å². The average Bonchev–Trinajstić information content (AvgIpc) is 1.64. The lowest BCUT2D eigenvalue weighted by atomic mass is 10.3. The Hall–Kier alpha value is -1.05. The molecule has 0 aromatic carbocycles. The van der Waals surface area contributed by atoms with Gasteiger partial charge < -0.3 is 5.11 Å². The summed E-state index contributed by atoms with van der Waals surface area (Å²) in [6, 6.07) is 3.29. The molecule has 0 spiro atoms. The zero-order chi connectivity index (χ0) is 5.98. The lowest BCUT2D eigenvalue weighted by Crippen LogP contribution is -1.74. The van der Waals surface area contributed by atoms with Gasteiger partial charge in [-0.25, -0.2) is 4.98 Å². The summed E-state index contributed by atoms with van der Waals surface area (Å²) in [5.41, 5.74) is 0.970. The molecule has 1 radical (unpaired) electrons. The summed E-state index contributed by atoms with van der Waals surface area (Å²) in [6.07, 6.45) is 2.53. The molecule has 2 heteroatoms. The van der Waals surface area contributed by atoms with Crippen LogP contribution in [0.2, 0.25) is 0 Å². The number of aromatic hydroxyl groups is 1. The Kier molecular flexibility index (Phi) is 1.16. The van der Waals surface area contributed by atoms with Crippen LogP contribution in [0.3, 0.4) is 0 Å². The summed E-state index contributed by atoms with van der Waals surface area (Å²) in [7, 11) is 0. The molecule has 8 heavy (non-hydrogen) atoms. The zero-order valence-corrected chi connectivity index (χ0v) is 4.55. The van der Waals surface area contributed by atoms with Crippen LogP contribution in [0.25, 0.3) is 0 Å². The van der Waals surface area contributed by atoms with Crippen LogP contribution in [0.15, 0.2) is 12.1 Å². The Morgan fingerprint density at radius 2 is 2.50 bits per heavy atom. The van der Waals surface area contributed by atoms with Crippen molar-refractivity contribution >= 4 is 0 Å². The molecule has 1 heterocycles. The minimum absolute atomic E-state index is 0.0324. The first kappa shape index (κ1) is 5.09. The van der Waals surface area contributed by atoms with Gasteiger partial charge in [-0.1, -0.05) is 0 Å². The standard InChI is InChI=1S/C6H6NO/c1-5-2-3-7-6(8)4-5/h2,4H,1H3,(H,7,8). The number of pyridine rings is 1. The molecule has 0 aliphatic rings. The first-order chi connectivity index (χ1) is 3.79. The molecule has 1 N–H and O–H groups in total. The van der Waals surface area contributed by atoms with Gasteiger partial charge in [-0.2, -0.15) is 0 Å². The van der Waals surface area contributed by atoms with Crippen LogP contribution >= 0.6 is 0 Å². The van der Waals surface area contributed by atoms with Gasteiger partial charge in [0.05, 0.1) is 6.20 Å². The fraction of sp³-hybridized carbons (Fsp3) is 0.167. The van der Waals surface area contributed by atoms with Crippen molar-refractivity contribution in [1.29, 1.82) is 0 Å². The molecule has 0 amide bonds. The molecule has 41 valence electrons. The Morgan fingerprint density at radius 3 is 2.88 bits per heavy atom. The van der Waals surface area contributed by atoms with E-state index in [0.29, 0.717) is 0 Å². The Morgan fingerprint density at radius 1 is 1.75 bits per heavy atom. The summed E-state index contributed by atoms with van der Waals surface area (Å²) in [5.74, 6) is 0.0324. The summed E-state index contributed by atoms with van der Waals surface area (Å²) >= 11 is 0. The predicted octanol–water partition coefficient (Wildman–Crippen LogP) is 0.896. The minimum atomic E-state index is 0.0324. The molecule has 0 bridgehead atoms. The normalized spacial score (nSPS) is 9.12. The van der Waals surface area contributed by atoms with Gasteiger partial charge in [0.2, 0.25) is 5.88 Å². The molecule has 2 nitrogen and oxygen atoms in total. The van der Waals surface area contributed by atoms with Crippen LogP contribution in [0.1, 0.15) is 5.56 Å². The van der Waals surface area contributed by atoms with Gasteiger partial charge in [-0.05, 0) is 18.6 Å². The van der Waals surface area contributed by atoms with E-state index >= 15 is 0 Å². The van der Waals surface area contributed by atoms with E-state index in [-0.39, 0.29) is 5.88 Å². The second-order valence-electron chi connectivity index (χ2n) is 1.63. The van der Waals surface area contributed by atoms with E-state index in [0.717, 1.165) is 5.56 Å². The maximum absolute atomic E-state index is 8.67. The Bertz CT molecular complexity index is 168. The largest absolute Gasteiger partial charge is 0.493 e. The van der Waals surface area contributed by atoms with E-state index in [9.17, 15) is 0 Å². The highest BCUT2D eigenvalue weighted by atomic mass is 16.3. The van der Waals surface area contributed by atoms with Gasteiger partial charge in [0.15, 0.2) is 0 Å². The summed E-state index contributed by atoms with van der Waals surface area (Å²) in [5, 5.41) is 8.67. The van der Waals surface area contributed by atoms with Gasteiger partial charge in [0.25, 0.3) is 0 Å². The van der Waals surface area contributed by atoms with Crippen molar-refractivity contribution in [1.82, 2.24) is 4.98 Å². The summed E-state index contributed by atoms with van der Waals surface area (Å²) in [6.45, 7) is 1.87. The van der Waals surface area contributed by atoms with Crippen LogP contribution in [0.4, 0.5) is 0 Å². The molecular formula is C6H6NO. The second-order valence-corrected chi connectivity index (χ2v) is 1.63. The van der Waals surface area contributed by atoms with Gasteiger partial charge in [-0.15, -0.1) is 0 Å². The van der Waals surface area contributed by atoms with Crippen molar-refractivity contribution in [3.8, 4) is 5.88 Å². The highest BCUT2D eigenvalue weighted by Gasteiger charge is 1.85. The van der Waals surface area contributed by atoms with Crippen LogP contribution in [0, 0.1) is 13.1 Å². The molecule has 0 saturated heterocycles. The molecule has 0 aliphatic carbocycles. The SMILES string of the molecule is Cc1c[c]nc(O)c1. The van der Waals surface area contributed by atoms with Crippen molar-refractivity contribution in [2.75, 3.05) is 0 Å². The van der Waals surface area contributed by atoms with Gasteiger partial charge in [-0.3, -0.25) is 0 Å². The molecule has 0 saturated carbocycles. The van der Waals surface area contributed by atoms with Crippen molar-refractivity contribution in [2.24, 2.45) is 0 Å². The molecule has 1 aromatic heterocycles. The fourth-order valence-corrected chi connectivity index (χ4v) is 0.478. The summed E-state index contributed by atoms with van der Waals surface area (Å²) < 4.78 is 0. The van der Waals surface area contributed by atoms with Gasteiger partial charge >= 0.3 is 0 Å². The number of rotatable bonds is 0. The third-order valence-electron chi connectivity index (χ3n) is 0.828. The van der Waals surface area contributed by atoms with E-state index in [1.165, 1.54) is 0 Å². The number of aryl methyl sites for hydroxylation is 1. The van der Waals surface area contributed by atoms with E-state index in [4.69, 9.17) is 5.11 Å². The van der Waals surface area contributed by atoms with Gasteiger partial charge in [0.1, 0.15) is 0 Å². The topological polar surface area (TPSA) is 33.1 Å². The monoisotopic (exact) mass is 108 g/mol. The lowest BCUT2D eigenvalue weighted by molar-refractivity contribution is 0.452. The third kappa shape index (κ3) is 0.964. The lowest BCUT2D eigenvalue weighted by Gasteiger charge is -1.88. The van der Waals surface area contributed by atoms with E-state index < -0.39 is 0 Å².